The summed E-state index contributed by atoms with van der Waals surface area (Å²) in [5.74, 6) is 1.24. The third-order valence-electron chi connectivity index (χ3n) is 5.12. The van der Waals surface area contributed by atoms with Gasteiger partial charge >= 0.3 is 0 Å². The summed E-state index contributed by atoms with van der Waals surface area (Å²) in [5.41, 5.74) is 2.95. The minimum atomic E-state index is 0.137. The van der Waals surface area contributed by atoms with Crippen LogP contribution in [0.4, 0.5) is 0 Å². The van der Waals surface area contributed by atoms with Crippen molar-refractivity contribution >= 4 is 5.91 Å². The van der Waals surface area contributed by atoms with Crippen molar-refractivity contribution in [2.24, 2.45) is 5.92 Å². The molecule has 2 rings (SSSR count). The van der Waals surface area contributed by atoms with Crippen molar-refractivity contribution in [1.82, 2.24) is 14.8 Å². The Morgan fingerprint density at radius 3 is 2.54 bits per heavy atom. The molecule has 0 atom stereocenters. The molecule has 1 saturated heterocycles. The quantitative estimate of drug-likeness (QED) is 0.831. The van der Waals surface area contributed by atoms with E-state index in [1.54, 1.807) is 7.11 Å². The van der Waals surface area contributed by atoms with E-state index in [4.69, 9.17) is 4.74 Å². The molecule has 0 N–H and O–H groups in total. The van der Waals surface area contributed by atoms with Crippen LogP contribution in [0.25, 0.3) is 0 Å². The van der Waals surface area contributed by atoms with Crippen LogP contribution in [0.15, 0.2) is 6.20 Å². The second kappa shape index (κ2) is 7.97. The third kappa shape index (κ3) is 4.07. The van der Waals surface area contributed by atoms with Gasteiger partial charge in [-0.05, 0) is 53.6 Å². The first-order chi connectivity index (χ1) is 11.3. The van der Waals surface area contributed by atoms with Gasteiger partial charge in [0.2, 0.25) is 5.91 Å². The molecule has 1 aliphatic rings. The summed E-state index contributed by atoms with van der Waals surface area (Å²) in [6.45, 7) is 11.0. The number of carbonyl (C=O) groups excluding carboxylic acids is 1. The molecule has 0 radical (unpaired) electrons. The lowest BCUT2D eigenvalue weighted by atomic mass is 9.94. The summed E-state index contributed by atoms with van der Waals surface area (Å²) >= 11 is 0. The Morgan fingerprint density at radius 2 is 2.00 bits per heavy atom. The fraction of sp³-hybridized carbons (Fsp3) is 0.684. The van der Waals surface area contributed by atoms with Gasteiger partial charge in [-0.2, -0.15) is 0 Å². The van der Waals surface area contributed by atoms with Gasteiger partial charge in [0.25, 0.3) is 0 Å². The maximum atomic E-state index is 12.8. The van der Waals surface area contributed by atoms with Gasteiger partial charge < -0.3 is 14.5 Å². The normalized spacial score (nSPS) is 16.5. The van der Waals surface area contributed by atoms with Crippen molar-refractivity contribution in [3.05, 3.63) is 23.0 Å². The maximum Gasteiger partial charge on any atom is 0.225 e. The summed E-state index contributed by atoms with van der Waals surface area (Å²) in [7, 11) is 3.56. The van der Waals surface area contributed by atoms with Crippen LogP contribution in [0, 0.1) is 19.8 Å². The second-order valence-corrected chi connectivity index (χ2v) is 7.14. The van der Waals surface area contributed by atoms with Crippen LogP contribution >= 0.6 is 0 Å². The molecule has 134 valence electrons. The minimum absolute atomic E-state index is 0.137. The van der Waals surface area contributed by atoms with Crippen LogP contribution in [0.3, 0.4) is 0 Å². The lowest BCUT2D eigenvalue weighted by Gasteiger charge is -2.35. The summed E-state index contributed by atoms with van der Waals surface area (Å²) in [5, 5.41) is 0. The molecular weight excluding hydrogens is 302 g/mol. The maximum absolute atomic E-state index is 12.8. The van der Waals surface area contributed by atoms with Crippen LogP contribution in [-0.2, 0) is 11.3 Å². The van der Waals surface area contributed by atoms with Crippen molar-refractivity contribution in [1.29, 1.82) is 0 Å². The fourth-order valence-corrected chi connectivity index (χ4v) is 3.51. The average molecular weight is 333 g/mol. The Balaban J connectivity index is 2.00. The Kier molecular flexibility index (Phi) is 6.21. The van der Waals surface area contributed by atoms with Gasteiger partial charge in [-0.25, -0.2) is 0 Å². The van der Waals surface area contributed by atoms with Crippen molar-refractivity contribution in [2.75, 3.05) is 27.2 Å². The molecule has 5 nitrogen and oxygen atoms in total. The number of rotatable bonds is 5. The topological polar surface area (TPSA) is 45.7 Å². The second-order valence-electron chi connectivity index (χ2n) is 7.14. The number of pyridine rings is 1. The van der Waals surface area contributed by atoms with Gasteiger partial charge in [0.15, 0.2) is 0 Å². The first kappa shape index (κ1) is 18.7. The number of aromatic nitrogens is 1. The lowest BCUT2D eigenvalue weighted by molar-refractivity contribution is -0.136. The number of hydrogen-bond donors (Lipinski definition) is 0. The molecule has 0 unspecified atom stereocenters. The predicted molar refractivity (Wildman–Crippen MR) is 96.2 cm³/mol. The molecule has 0 aliphatic carbocycles. The Labute approximate surface area is 146 Å². The van der Waals surface area contributed by atoms with Gasteiger partial charge in [0.05, 0.1) is 19.3 Å². The Bertz CT molecular complexity index is 578. The van der Waals surface area contributed by atoms with Crippen molar-refractivity contribution < 1.29 is 9.53 Å². The lowest BCUT2D eigenvalue weighted by Crippen LogP contribution is -2.43. The highest BCUT2D eigenvalue weighted by Gasteiger charge is 2.28. The summed E-state index contributed by atoms with van der Waals surface area (Å²) in [4.78, 5) is 21.5. The molecule has 0 spiro atoms. The summed E-state index contributed by atoms with van der Waals surface area (Å²) in [6, 6.07) is 0.561. The van der Waals surface area contributed by atoms with Crippen molar-refractivity contribution in [2.45, 2.75) is 53.1 Å². The van der Waals surface area contributed by atoms with E-state index in [-0.39, 0.29) is 11.8 Å². The van der Waals surface area contributed by atoms with Crippen molar-refractivity contribution in [3.8, 4) is 5.75 Å². The van der Waals surface area contributed by atoms with Gasteiger partial charge in [-0.3, -0.25) is 9.78 Å². The smallest absolute Gasteiger partial charge is 0.225 e. The minimum Gasteiger partial charge on any atom is -0.496 e. The number of nitrogens with zero attached hydrogens (tertiary/aromatic N) is 3. The fourth-order valence-electron chi connectivity index (χ4n) is 3.51. The number of aryl methyl sites for hydroxylation is 1. The molecule has 5 heteroatoms. The first-order valence-electron chi connectivity index (χ1n) is 8.83. The van der Waals surface area contributed by atoms with Crippen LogP contribution in [0.2, 0.25) is 0 Å². The van der Waals surface area contributed by atoms with E-state index in [0.29, 0.717) is 12.6 Å². The summed E-state index contributed by atoms with van der Waals surface area (Å²) < 4.78 is 5.46. The van der Waals surface area contributed by atoms with Crippen molar-refractivity contribution in [3.63, 3.8) is 0 Å². The molecule has 1 fully saturated rings. The third-order valence-corrected chi connectivity index (χ3v) is 5.12. The molecule has 1 aliphatic heterocycles. The van der Waals surface area contributed by atoms with Gasteiger partial charge in [0.1, 0.15) is 5.75 Å². The van der Waals surface area contributed by atoms with E-state index < -0.39 is 0 Å². The molecule has 0 aromatic carbocycles. The zero-order chi connectivity index (χ0) is 17.9. The molecule has 1 aromatic rings. The zero-order valence-electron chi connectivity index (χ0n) is 15.9. The van der Waals surface area contributed by atoms with Gasteiger partial charge in [-0.15, -0.1) is 0 Å². The van der Waals surface area contributed by atoms with E-state index in [1.165, 1.54) is 0 Å². The molecule has 0 saturated carbocycles. The molecule has 0 bridgehead atoms. The Morgan fingerprint density at radius 1 is 1.38 bits per heavy atom. The van der Waals surface area contributed by atoms with E-state index in [1.807, 2.05) is 32.0 Å². The molecule has 24 heavy (non-hydrogen) atoms. The highest BCUT2D eigenvalue weighted by Crippen LogP contribution is 2.26. The average Bonchev–Trinajstić information content (AvgIpc) is 2.57. The van der Waals surface area contributed by atoms with Crippen LogP contribution in [0.1, 0.15) is 43.5 Å². The SMILES string of the molecule is COc1c(C)cnc(CN(C)C(=O)C2CCN(C(C)C)CC2)c1C. The first-order valence-corrected chi connectivity index (χ1v) is 8.83. The van der Waals surface area contributed by atoms with E-state index in [0.717, 1.165) is 48.5 Å². The predicted octanol–water partition coefficient (Wildman–Crippen LogP) is 2.79. The summed E-state index contributed by atoms with van der Waals surface area (Å²) in [6.07, 6.45) is 3.72. The van der Waals surface area contributed by atoms with Crippen LogP contribution in [-0.4, -0.2) is 54.0 Å². The number of amides is 1. The number of carbonyl (C=O) groups is 1. The standard InChI is InChI=1S/C19H31N3O2/c1-13(2)22-9-7-16(8-10-22)19(23)21(5)12-17-15(4)18(24-6)14(3)11-20-17/h11,13,16H,7-10,12H2,1-6H3. The monoisotopic (exact) mass is 333 g/mol. The Hall–Kier alpha value is -1.62. The van der Waals surface area contributed by atoms with Gasteiger partial charge in [0, 0.05) is 36.3 Å². The van der Waals surface area contributed by atoms with Crippen LogP contribution in [0.5, 0.6) is 5.75 Å². The van der Waals surface area contributed by atoms with E-state index in [2.05, 4.69) is 23.7 Å². The van der Waals surface area contributed by atoms with Crippen LogP contribution < -0.4 is 4.74 Å². The largest absolute Gasteiger partial charge is 0.496 e. The molecule has 2 heterocycles. The number of methoxy groups -OCH3 is 1. The molecular formula is C19H31N3O2. The number of likely N-dealkylation sites (tertiary alicyclic amines) is 1. The highest BCUT2D eigenvalue weighted by molar-refractivity contribution is 5.78. The van der Waals surface area contributed by atoms with E-state index in [9.17, 15) is 4.79 Å². The van der Waals surface area contributed by atoms with Gasteiger partial charge in [-0.1, -0.05) is 0 Å². The molecule has 1 aromatic heterocycles. The number of hydrogen-bond acceptors (Lipinski definition) is 4. The zero-order valence-corrected chi connectivity index (χ0v) is 15.9. The molecule has 1 amide bonds. The van der Waals surface area contributed by atoms with E-state index >= 15 is 0 Å². The number of piperidine rings is 1. The highest BCUT2D eigenvalue weighted by atomic mass is 16.5. The number of ether oxygens (including phenoxy) is 1.